The molecule has 0 atom stereocenters. The van der Waals surface area contributed by atoms with Crippen LogP contribution in [-0.4, -0.2) is 30.8 Å². The number of nitrogens with one attached hydrogen (secondary N) is 1. The average Bonchev–Trinajstić information content (AvgIpc) is 3.18. The van der Waals surface area contributed by atoms with Gasteiger partial charge in [0.1, 0.15) is 5.82 Å². The van der Waals surface area contributed by atoms with Crippen LogP contribution in [0.3, 0.4) is 0 Å². The van der Waals surface area contributed by atoms with Gasteiger partial charge in [-0.1, -0.05) is 35.9 Å². The Morgan fingerprint density at radius 3 is 2.59 bits per heavy atom. The van der Waals surface area contributed by atoms with Crippen molar-refractivity contribution in [2.75, 3.05) is 0 Å². The summed E-state index contributed by atoms with van der Waals surface area (Å²) in [6, 6.07) is 12.0. The van der Waals surface area contributed by atoms with Crippen LogP contribution in [0.2, 0.25) is 5.02 Å². The van der Waals surface area contributed by atoms with E-state index in [1.807, 2.05) is 61.9 Å². The van der Waals surface area contributed by atoms with Crippen LogP contribution < -0.4 is 0 Å². The lowest BCUT2D eigenvalue weighted by Gasteiger charge is -2.06. The fourth-order valence-corrected chi connectivity index (χ4v) is 3.67. The number of aryl methyl sites for hydroxylation is 2. The van der Waals surface area contributed by atoms with Crippen molar-refractivity contribution in [3.63, 3.8) is 0 Å². The first-order valence-corrected chi connectivity index (χ1v) is 9.69. The number of carbonyl (C=O) groups is 1. The monoisotopic (exact) mass is 408 g/mol. The lowest BCUT2D eigenvalue weighted by atomic mass is 10.1. The molecule has 2 N–H and O–H groups in total. The van der Waals surface area contributed by atoms with Crippen LogP contribution in [0.25, 0.3) is 22.4 Å². The first kappa shape index (κ1) is 19.2. The van der Waals surface area contributed by atoms with Crippen molar-refractivity contribution in [2.24, 2.45) is 0 Å². The molecule has 0 saturated carbocycles. The van der Waals surface area contributed by atoms with E-state index in [9.17, 15) is 4.79 Å². The minimum atomic E-state index is -0.845. The first-order valence-electron chi connectivity index (χ1n) is 9.31. The smallest absolute Gasteiger partial charge is 0.307 e. The van der Waals surface area contributed by atoms with Gasteiger partial charge in [0.2, 0.25) is 0 Å². The molecule has 6 nitrogen and oxygen atoms in total. The Labute approximate surface area is 173 Å². The van der Waals surface area contributed by atoms with Gasteiger partial charge >= 0.3 is 5.97 Å². The summed E-state index contributed by atoms with van der Waals surface area (Å²) in [7, 11) is 0. The fraction of sp³-hybridized carbons (Fsp3) is 0.227. The third kappa shape index (κ3) is 3.76. The van der Waals surface area contributed by atoms with Crippen LogP contribution in [0.1, 0.15) is 28.1 Å². The summed E-state index contributed by atoms with van der Waals surface area (Å²) in [6.45, 7) is 6.31. The Morgan fingerprint density at radius 2 is 1.90 bits per heavy atom. The Balaban J connectivity index is 1.58. The van der Waals surface area contributed by atoms with Crippen molar-refractivity contribution in [2.45, 2.75) is 33.7 Å². The van der Waals surface area contributed by atoms with Gasteiger partial charge in [-0.25, -0.2) is 4.98 Å². The number of H-pyrrole nitrogens is 1. The van der Waals surface area contributed by atoms with Crippen molar-refractivity contribution < 1.29 is 9.90 Å². The number of hydrogen-bond donors (Lipinski definition) is 2. The van der Waals surface area contributed by atoms with Gasteiger partial charge in [-0.05, 0) is 44.0 Å². The van der Waals surface area contributed by atoms with E-state index in [1.165, 1.54) is 0 Å². The molecular weight excluding hydrogens is 388 g/mol. The normalized spacial score (nSPS) is 11.3. The Hall–Kier alpha value is -3.12. The molecule has 148 valence electrons. The maximum atomic E-state index is 11.1. The maximum Gasteiger partial charge on any atom is 0.307 e. The number of benzene rings is 2. The Kier molecular flexibility index (Phi) is 4.88. The van der Waals surface area contributed by atoms with Gasteiger partial charge in [-0.2, -0.15) is 5.10 Å². The second-order valence-electron chi connectivity index (χ2n) is 7.28. The second-order valence-corrected chi connectivity index (χ2v) is 7.69. The highest BCUT2D eigenvalue weighted by molar-refractivity contribution is 6.32. The van der Waals surface area contributed by atoms with E-state index >= 15 is 0 Å². The van der Waals surface area contributed by atoms with Crippen molar-refractivity contribution in [3.05, 3.63) is 69.5 Å². The van der Waals surface area contributed by atoms with Crippen molar-refractivity contribution in [1.29, 1.82) is 0 Å². The molecule has 0 spiro atoms. The molecule has 0 unspecified atom stereocenters. The molecule has 0 aliphatic heterocycles. The van der Waals surface area contributed by atoms with E-state index in [0.29, 0.717) is 11.6 Å². The van der Waals surface area contributed by atoms with Crippen LogP contribution in [-0.2, 0) is 17.8 Å². The molecule has 0 aliphatic carbocycles. The minimum Gasteiger partial charge on any atom is -0.481 e. The lowest BCUT2D eigenvalue weighted by Crippen LogP contribution is -2.06. The molecule has 2 aromatic carbocycles. The van der Waals surface area contributed by atoms with Gasteiger partial charge in [-0.15, -0.1) is 0 Å². The number of rotatable bonds is 5. The summed E-state index contributed by atoms with van der Waals surface area (Å²) in [4.78, 5) is 19.0. The molecule has 7 heteroatoms. The molecule has 29 heavy (non-hydrogen) atoms. The number of fused-ring (bicyclic) bond motifs is 1. The van der Waals surface area contributed by atoms with Crippen molar-refractivity contribution >= 4 is 28.6 Å². The molecule has 0 aliphatic rings. The molecule has 2 aromatic heterocycles. The Morgan fingerprint density at radius 1 is 1.17 bits per heavy atom. The SMILES string of the molecule is Cc1cc2[nH]c(-c3ccc(Cn4nc(C)c(CC(=O)O)c4C)cc3)nc2cc1Cl. The van der Waals surface area contributed by atoms with Gasteiger partial charge in [-0.3, -0.25) is 9.48 Å². The van der Waals surface area contributed by atoms with Gasteiger partial charge in [0, 0.05) is 21.8 Å². The predicted octanol–water partition coefficient (Wildman–Crippen LogP) is 4.68. The highest BCUT2D eigenvalue weighted by Crippen LogP contribution is 2.26. The second kappa shape index (κ2) is 7.37. The molecule has 2 heterocycles. The summed E-state index contributed by atoms with van der Waals surface area (Å²) in [5.41, 5.74) is 7.31. The number of aliphatic carboxylic acids is 1. The van der Waals surface area contributed by atoms with Crippen LogP contribution in [0.5, 0.6) is 0 Å². The first-order chi connectivity index (χ1) is 13.8. The summed E-state index contributed by atoms with van der Waals surface area (Å²) in [5.74, 6) is -0.0505. The topological polar surface area (TPSA) is 83.8 Å². The molecule has 4 rings (SSSR count). The number of hydrogen-bond acceptors (Lipinski definition) is 3. The van der Waals surface area contributed by atoms with E-state index in [-0.39, 0.29) is 6.42 Å². The van der Waals surface area contributed by atoms with E-state index in [0.717, 1.165) is 50.5 Å². The predicted molar refractivity (Wildman–Crippen MR) is 113 cm³/mol. The molecule has 4 aromatic rings. The molecule has 0 fully saturated rings. The molecule has 0 saturated heterocycles. The number of aromatic amines is 1. The third-order valence-corrected chi connectivity index (χ3v) is 5.59. The standard InChI is InChI=1S/C22H21ClN4O2/c1-12-8-19-20(10-18(12)23)25-22(24-19)16-6-4-15(5-7-16)11-27-14(3)17(9-21(28)29)13(2)26-27/h4-8,10H,9,11H2,1-3H3,(H,24,25)(H,28,29). The molecule has 0 radical (unpaired) electrons. The Bertz CT molecular complexity index is 1180. The highest BCUT2D eigenvalue weighted by atomic mass is 35.5. The van der Waals surface area contributed by atoms with E-state index < -0.39 is 5.97 Å². The fourth-order valence-electron chi connectivity index (χ4n) is 3.51. The van der Waals surface area contributed by atoms with Gasteiger partial charge in [0.05, 0.1) is 29.7 Å². The quantitative estimate of drug-likeness (QED) is 0.502. The third-order valence-electron chi connectivity index (χ3n) is 5.18. The summed E-state index contributed by atoms with van der Waals surface area (Å²) in [6.07, 6.45) is -0.00779. The summed E-state index contributed by atoms with van der Waals surface area (Å²) < 4.78 is 1.86. The van der Waals surface area contributed by atoms with E-state index in [1.54, 1.807) is 0 Å². The van der Waals surface area contributed by atoms with E-state index in [2.05, 4.69) is 15.1 Å². The zero-order valence-electron chi connectivity index (χ0n) is 16.5. The highest BCUT2D eigenvalue weighted by Gasteiger charge is 2.15. The molecule has 0 amide bonds. The van der Waals surface area contributed by atoms with Crippen LogP contribution in [0.15, 0.2) is 36.4 Å². The zero-order valence-corrected chi connectivity index (χ0v) is 17.2. The van der Waals surface area contributed by atoms with E-state index in [4.69, 9.17) is 16.7 Å². The number of carboxylic acid groups (broad SMARTS) is 1. The minimum absolute atomic E-state index is 0.00779. The zero-order chi connectivity index (χ0) is 20.7. The summed E-state index contributed by atoms with van der Waals surface area (Å²) in [5, 5.41) is 14.3. The van der Waals surface area contributed by atoms with Crippen molar-refractivity contribution in [1.82, 2.24) is 19.7 Å². The van der Waals surface area contributed by atoms with Gasteiger partial charge in [0.15, 0.2) is 0 Å². The number of aromatic nitrogens is 4. The van der Waals surface area contributed by atoms with Gasteiger partial charge < -0.3 is 10.1 Å². The van der Waals surface area contributed by atoms with Crippen LogP contribution >= 0.6 is 11.6 Å². The summed E-state index contributed by atoms with van der Waals surface area (Å²) >= 11 is 6.20. The average molecular weight is 409 g/mol. The maximum absolute atomic E-state index is 11.1. The lowest BCUT2D eigenvalue weighted by molar-refractivity contribution is -0.136. The largest absolute Gasteiger partial charge is 0.481 e. The van der Waals surface area contributed by atoms with Crippen molar-refractivity contribution in [3.8, 4) is 11.4 Å². The van der Waals surface area contributed by atoms with Crippen LogP contribution in [0.4, 0.5) is 0 Å². The number of halogens is 1. The molecule has 0 bridgehead atoms. The van der Waals surface area contributed by atoms with Crippen LogP contribution in [0, 0.1) is 20.8 Å². The van der Waals surface area contributed by atoms with Gasteiger partial charge in [0.25, 0.3) is 0 Å². The number of nitrogens with zero attached hydrogens (tertiary/aromatic N) is 3. The molecular formula is C22H21ClN4O2. The number of imidazole rings is 1. The number of carboxylic acids is 1.